The second-order valence-electron chi connectivity index (χ2n) is 8.05. The number of nitrogens with one attached hydrogen (secondary N) is 1. The van der Waals surface area contributed by atoms with Crippen molar-refractivity contribution in [1.29, 1.82) is 0 Å². The molecule has 154 valence electrons. The first kappa shape index (κ1) is 19.9. The summed E-state index contributed by atoms with van der Waals surface area (Å²) in [7, 11) is 0. The van der Waals surface area contributed by atoms with Gasteiger partial charge in [0.05, 0.1) is 24.7 Å². The number of amides is 1. The summed E-state index contributed by atoms with van der Waals surface area (Å²) in [6.45, 7) is 5.45. The molecular formula is C22H30N6O. The standard InChI is InChI=1S/C22H30N6O/c29-22(26-15-19-6-1-2-9-23-19)18-5-3-12-28(16-18)20-7-13-27(14-8-20)17-21-24-10-4-11-25-21/h1-2,4,6,9-11,18,20H,3,5,7-8,12-17H2,(H,26,29). The lowest BCUT2D eigenvalue weighted by molar-refractivity contribution is -0.127. The first-order valence-corrected chi connectivity index (χ1v) is 10.7. The third-order valence-corrected chi connectivity index (χ3v) is 6.05. The van der Waals surface area contributed by atoms with E-state index >= 15 is 0 Å². The van der Waals surface area contributed by atoms with Gasteiger partial charge in [-0.25, -0.2) is 9.97 Å². The quantitative estimate of drug-likeness (QED) is 0.806. The number of aromatic nitrogens is 3. The van der Waals surface area contributed by atoms with Crippen LogP contribution in [0.1, 0.15) is 37.2 Å². The van der Waals surface area contributed by atoms with Gasteiger partial charge in [0.25, 0.3) is 0 Å². The van der Waals surface area contributed by atoms with Gasteiger partial charge in [-0.2, -0.15) is 0 Å². The predicted octanol–water partition coefficient (Wildman–Crippen LogP) is 1.86. The van der Waals surface area contributed by atoms with Crippen LogP contribution < -0.4 is 5.32 Å². The molecule has 0 saturated carbocycles. The molecular weight excluding hydrogens is 364 g/mol. The van der Waals surface area contributed by atoms with Gasteiger partial charge in [-0.15, -0.1) is 0 Å². The summed E-state index contributed by atoms with van der Waals surface area (Å²) in [4.78, 5) is 30.6. The lowest BCUT2D eigenvalue weighted by Gasteiger charge is -2.41. The molecule has 2 aromatic heterocycles. The van der Waals surface area contributed by atoms with Crippen LogP contribution in [-0.4, -0.2) is 62.9 Å². The van der Waals surface area contributed by atoms with E-state index in [1.54, 1.807) is 6.20 Å². The van der Waals surface area contributed by atoms with Gasteiger partial charge in [-0.05, 0) is 50.4 Å². The number of nitrogens with zero attached hydrogens (tertiary/aromatic N) is 5. The van der Waals surface area contributed by atoms with Crippen LogP contribution in [0.3, 0.4) is 0 Å². The van der Waals surface area contributed by atoms with Crippen molar-refractivity contribution >= 4 is 5.91 Å². The molecule has 0 aromatic carbocycles. The minimum absolute atomic E-state index is 0.0863. The van der Waals surface area contributed by atoms with E-state index in [-0.39, 0.29) is 11.8 Å². The fourth-order valence-corrected chi connectivity index (χ4v) is 4.43. The fourth-order valence-electron chi connectivity index (χ4n) is 4.43. The average Bonchev–Trinajstić information content (AvgIpc) is 2.79. The third kappa shape index (κ3) is 5.58. The highest BCUT2D eigenvalue weighted by Gasteiger charge is 2.31. The topological polar surface area (TPSA) is 74.2 Å². The van der Waals surface area contributed by atoms with Crippen molar-refractivity contribution in [2.24, 2.45) is 5.92 Å². The highest BCUT2D eigenvalue weighted by molar-refractivity contribution is 5.78. The van der Waals surface area contributed by atoms with Gasteiger partial charge >= 0.3 is 0 Å². The molecule has 2 saturated heterocycles. The molecule has 7 heteroatoms. The number of pyridine rings is 1. The van der Waals surface area contributed by atoms with Crippen molar-refractivity contribution in [3.05, 3.63) is 54.4 Å². The van der Waals surface area contributed by atoms with Gasteiger partial charge < -0.3 is 5.32 Å². The van der Waals surface area contributed by atoms with Crippen LogP contribution in [0.25, 0.3) is 0 Å². The van der Waals surface area contributed by atoms with Gasteiger partial charge in [0.2, 0.25) is 5.91 Å². The van der Waals surface area contributed by atoms with E-state index in [2.05, 4.69) is 30.1 Å². The Labute approximate surface area is 172 Å². The van der Waals surface area contributed by atoms with Crippen LogP contribution in [0, 0.1) is 5.92 Å². The number of hydrogen-bond acceptors (Lipinski definition) is 6. The number of carbonyl (C=O) groups is 1. The molecule has 0 bridgehead atoms. The summed E-state index contributed by atoms with van der Waals surface area (Å²) in [6.07, 6.45) is 9.75. The molecule has 0 spiro atoms. The largest absolute Gasteiger partial charge is 0.350 e. The molecule has 1 unspecified atom stereocenters. The van der Waals surface area contributed by atoms with E-state index < -0.39 is 0 Å². The Bertz CT molecular complexity index is 763. The highest BCUT2D eigenvalue weighted by Crippen LogP contribution is 2.24. The van der Waals surface area contributed by atoms with Crippen LogP contribution in [0.5, 0.6) is 0 Å². The zero-order valence-electron chi connectivity index (χ0n) is 16.9. The van der Waals surface area contributed by atoms with Crippen molar-refractivity contribution in [3.8, 4) is 0 Å². The molecule has 0 aliphatic carbocycles. The Kier molecular flexibility index (Phi) is 6.79. The van der Waals surface area contributed by atoms with Crippen molar-refractivity contribution in [2.75, 3.05) is 26.2 Å². The summed E-state index contributed by atoms with van der Waals surface area (Å²) < 4.78 is 0. The Hall–Kier alpha value is -2.38. The SMILES string of the molecule is O=C(NCc1ccccn1)C1CCCN(C2CCN(Cc3ncccn3)CC2)C1. The van der Waals surface area contributed by atoms with Gasteiger partial charge in [0.1, 0.15) is 5.82 Å². The van der Waals surface area contributed by atoms with Crippen LogP contribution in [-0.2, 0) is 17.9 Å². The lowest BCUT2D eigenvalue weighted by atomic mass is 9.93. The molecule has 2 aliphatic heterocycles. The van der Waals surface area contributed by atoms with E-state index in [9.17, 15) is 4.79 Å². The molecule has 4 rings (SSSR count). The molecule has 7 nitrogen and oxygen atoms in total. The normalized spacial score (nSPS) is 21.7. The second-order valence-corrected chi connectivity index (χ2v) is 8.05. The Morgan fingerprint density at radius 2 is 1.79 bits per heavy atom. The third-order valence-electron chi connectivity index (χ3n) is 6.05. The fraction of sp³-hybridized carbons (Fsp3) is 0.545. The van der Waals surface area contributed by atoms with Crippen LogP contribution in [0.15, 0.2) is 42.9 Å². The van der Waals surface area contributed by atoms with E-state index in [1.807, 2.05) is 36.7 Å². The summed E-state index contributed by atoms with van der Waals surface area (Å²) in [5, 5.41) is 3.08. The van der Waals surface area contributed by atoms with Gasteiger partial charge in [-0.1, -0.05) is 6.07 Å². The van der Waals surface area contributed by atoms with Crippen LogP contribution in [0.4, 0.5) is 0 Å². The number of rotatable bonds is 6. The van der Waals surface area contributed by atoms with Gasteiger partial charge in [-0.3, -0.25) is 19.6 Å². The summed E-state index contributed by atoms with van der Waals surface area (Å²) in [6, 6.07) is 8.22. The van der Waals surface area contributed by atoms with Crippen molar-refractivity contribution in [3.63, 3.8) is 0 Å². The molecule has 1 atom stereocenters. The predicted molar refractivity (Wildman–Crippen MR) is 111 cm³/mol. The lowest BCUT2D eigenvalue weighted by Crippen LogP contribution is -2.50. The Morgan fingerprint density at radius 3 is 2.55 bits per heavy atom. The Balaban J connectivity index is 1.23. The van der Waals surface area contributed by atoms with Crippen molar-refractivity contribution in [2.45, 2.75) is 44.8 Å². The van der Waals surface area contributed by atoms with Crippen molar-refractivity contribution < 1.29 is 4.79 Å². The van der Waals surface area contributed by atoms with E-state index in [4.69, 9.17) is 0 Å². The van der Waals surface area contributed by atoms with Crippen molar-refractivity contribution in [1.82, 2.24) is 30.1 Å². The zero-order chi connectivity index (χ0) is 19.9. The van der Waals surface area contributed by atoms with E-state index in [1.165, 1.54) is 0 Å². The van der Waals surface area contributed by atoms with Gasteiger partial charge in [0, 0.05) is 44.3 Å². The molecule has 2 fully saturated rings. The average molecular weight is 395 g/mol. The van der Waals surface area contributed by atoms with E-state index in [0.29, 0.717) is 12.6 Å². The molecule has 1 N–H and O–H groups in total. The number of piperidine rings is 2. The molecule has 2 aromatic rings. The first-order valence-electron chi connectivity index (χ1n) is 10.7. The van der Waals surface area contributed by atoms with Crippen LogP contribution in [0.2, 0.25) is 0 Å². The second kappa shape index (κ2) is 9.89. The maximum absolute atomic E-state index is 12.7. The molecule has 2 aliphatic rings. The monoisotopic (exact) mass is 394 g/mol. The molecule has 4 heterocycles. The number of carbonyl (C=O) groups excluding carboxylic acids is 1. The minimum Gasteiger partial charge on any atom is -0.350 e. The molecule has 1 amide bonds. The maximum Gasteiger partial charge on any atom is 0.224 e. The first-order chi connectivity index (χ1) is 14.3. The molecule has 29 heavy (non-hydrogen) atoms. The minimum atomic E-state index is 0.0863. The number of likely N-dealkylation sites (tertiary alicyclic amines) is 2. The smallest absolute Gasteiger partial charge is 0.224 e. The Morgan fingerprint density at radius 1 is 1.00 bits per heavy atom. The molecule has 0 radical (unpaired) electrons. The van der Waals surface area contributed by atoms with Gasteiger partial charge in [0.15, 0.2) is 0 Å². The van der Waals surface area contributed by atoms with Crippen LogP contribution >= 0.6 is 0 Å². The summed E-state index contributed by atoms with van der Waals surface area (Å²) in [5.41, 5.74) is 0.906. The summed E-state index contributed by atoms with van der Waals surface area (Å²) >= 11 is 0. The summed E-state index contributed by atoms with van der Waals surface area (Å²) in [5.74, 6) is 1.15. The zero-order valence-corrected chi connectivity index (χ0v) is 16.9. The number of hydrogen-bond donors (Lipinski definition) is 1. The van der Waals surface area contributed by atoms with E-state index in [0.717, 1.165) is 69.9 Å². The highest BCUT2D eigenvalue weighted by atomic mass is 16.1. The maximum atomic E-state index is 12.7.